The topological polar surface area (TPSA) is 20.2 Å². The largest absolute Gasteiger partial charge is 0.393 e. The molecule has 4 saturated carbocycles. The molecule has 0 radical (unpaired) electrons. The summed E-state index contributed by atoms with van der Waals surface area (Å²) in [5.41, 5.74) is 0. The molecule has 11 heavy (non-hydrogen) atoms. The van der Waals surface area contributed by atoms with Crippen LogP contribution in [0.5, 0.6) is 0 Å². The van der Waals surface area contributed by atoms with Crippen molar-refractivity contribution in [1.82, 2.24) is 0 Å². The third kappa shape index (κ3) is 0.547. The van der Waals surface area contributed by atoms with Crippen molar-refractivity contribution in [3.63, 3.8) is 0 Å². The van der Waals surface area contributed by atoms with Crippen LogP contribution in [0.25, 0.3) is 0 Å². The van der Waals surface area contributed by atoms with Crippen molar-refractivity contribution in [3.05, 3.63) is 0 Å². The Bertz CT molecular complexity index is 199. The van der Waals surface area contributed by atoms with Crippen molar-refractivity contribution in [1.29, 1.82) is 0 Å². The summed E-state index contributed by atoms with van der Waals surface area (Å²) in [4.78, 5) is 0. The van der Waals surface area contributed by atoms with Gasteiger partial charge in [0.2, 0.25) is 0 Å². The first-order chi connectivity index (χ1) is 5.36. The van der Waals surface area contributed by atoms with Crippen LogP contribution in [-0.4, -0.2) is 11.2 Å². The molecule has 4 rings (SSSR count). The SMILES string of the molecule is OC1[C@@H]2C[C@@H]2[C@@H]2C[C@@H]2[C@H]2C[C@@H]12. The van der Waals surface area contributed by atoms with Gasteiger partial charge in [-0.1, -0.05) is 0 Å². The second kappa shape index (κ2) is 1.39. The summed E-state index contributed by atoms with van der Waals surface area (Å²) in [6.45, 7) is 0. The van der Waals surface area contributed by atoms with E-state index < -0.39 is 0 Å². The van der Waals surface area contributed by atoms with Gasteiger partial charge in [0.1, 0.15) is 0 Å². The summed E-state index contributed by atoms with van der Waals surface area (Å²) in [7, 11) is 0. The Balaban J connectivity index is 1.72. The van der Waals surface area contributed by atoms with E-state index in [2.05, 4.69) is 0 Å². The number of hydrogen-bond acceptors (Lipinski definition) is 1. The number of aliphatic hydroxyl groups is 1. The highest BCUT2D eigenvalue weighted by Crippen LogP contribution is 2.72. The molecule has 0 saturated heterocycles. The van der Waals surface area contributed by atoms with Crippen molar-refractivity contribution in [2.45, 2.75) is 25.4 Å². The highest BCUT2D eigenvalue weighted by molar-refractivity contribution is 5.16. The number of hydrogen-bond donors (Lipinski definition) is 1. The molecule has 1 heteroatoms. The lowest BCUT2D eigenvalue weighted by molar-refractivity contribution is 0.118. The summed E-state index contributed by atoms with van der Waals surface area (Å²) in [5.74, 6) is 5.61. The van der Waals surface area contributed by atoms with E-state index in [-0.39, 0.29) is 6.10 Å². The Labute approximate surface area is 66.8 Å². The Hall–Kier alpha value is -0.0400. The quantitative estimate of drug-likeness (QED) is 0.551. The van der Waals surface area contributed by atoms with Gasteiger partial charge >= 0.3 is 0 Å². The average Bonchev–Trinajstić information content (AvgIpc) is 2.81. The van der Waals surface area contributed by atoms with Crippen LogP contribution in [0.2, 0.25) is 0 Å². The molecular weight excluding hydrogens is 136 g/mol. The summed E-state index contributed by atoms with van der Waals surface area (Å²) >= 11 is 0. The van der Waals surface area contributed by atoms with Gasteiger partial charge in [-0.3, -0.25) is 0 Å². The monoisotopic (exact) mass is 150 g/mol. The second-order valence-corrected chi connectivity index (χ2v) is 5.18. The van der Waals surface area contributed by atoms with E-state index in [0.717, 1.165) is 35.5 Å². The summed E-state index contributed by atoms with van der Waals surface area (Å²) in [6.07, 6.45) is 4.38. The second-order valence-electron chi connectivity index (χ2n) is 5.18. The molecule has 4 aliphatic rings. The van der Waals surface area contributed by atoms with Crippen LogP contribution in [0.3, 0.4) is 0 Å². The molecule has 7 atom stereocenters. The lowest BCUT2D eigenvalue weighted by Crippen LogP contribution is -2.13. The molecule has 60 valence electrons. The van der Waals surface area contributed by atoms with Crippen LogP contribution in [0.15, 0.2) is 0 Å². The smallest absolute Gasteiger partial charge is 0.0602 e. The maximum Gasteiger partial charge on any atom is 0.0602 e. The summed E-state index contributed by atoms with van der Waals surface area (Å²) in [5, 5.41) is 9.85. The Morgan fingerprint density at radius 3 is 1.55 bits per heavy atom. The molecule has 0 aromatic rings. The van der Waals surface area contributed by atoms with Crippen LogP contribution < -0.4 is 0 Å². The maximum absolute atomic E-state index is 9.85. The van der Waals surface area contributed by atoms with Gasteiger partial charge in [0.15, 0.2) is 0 Å². The fraction of sp³-hybridized carbons (Fsp3) is 1.00. The molecule has 0 aromatic heterocycles. The zero-order valence-electron chi connectivity index (χ0n) is 6.61. The first-order valence-electron chi connectivity index (χ1n) is 5.04. The van der Waals surface area contributed by atoms with E-state index in [4.69, 9.17) is 0 Å². The third-order valence-corrected chi connectivity index (χ3v) is 4.65. The van der Waals surface area contributed by atoms with Gasteiger partial charge in [-0.05, 0) is 54.8 Å². The highest BCUT2D eigenvalue weighted by atomic mass is 16.3. The minimum Gasteiger partial charge on any atom is -0.393 e. The van der Waals surface area contributed by atoms with Crippen LogP contribution in [0.1, 0.15) is 19.3 Å². The van der Waals surface area contributed by atoms with Gasteiger partial charge in [-0.15, -0.1) is 0 Å². The van der Waals surface area contributed by atoms with Gasteiger partial charge in [0.05, 0.1) is 6.10 Å². The van der Waals surface area contributed by atoms with Crippen LogP contribution in [-0.2, 0) is 0 Å². The van der Waals surface area contributed by atoms with Gasteiger partial charge in [0.25, 0.3) is 0 Å². The van der Waals surface area contributed by atoms with E-state index in [1.165, 1.54) is 19.3 Å². The minimum absolute atomic E-state index is 0.123. The lowest BCUT2D eigenvalue weighted by Gasteiger charge is -2.06. The van der Waals surface area contributed by atoms with Crippen LogP contribution >= 0.6 is 0 Å². The van der Waals surface area contributed by atoms with Gasteiger partial charge in [-0.25, -0.2) is 0 Å². The van der Waals surface area contributed by atoms with Crippen molar-refractivity contribution in [2.75, 3.05) is 0 Å². The molecular formula is C10H14O. The lowest BCUT2D eigenvalue weighted by atomic mass is 10.1. The molecule has 0 aromatic carbocycles. The summed E-state index contributed by atoms with van der Waals surface area (Å²) < 4.78 is 0. The van der Waals surface area contributed by atoms with Crippen LogP contribution in [0.4, 0.5) is 0 Å². The fourth-order valence-corrected chi connectivity index (χ4v) is 3.78. The Morgan fingerprint density at radius 1 is 0.636 bits per heavy atom. The van der Waals surface area contributed by atoms with Gasteiger partial charge in [0, 0.05) is 0 Å². The fourth-order valence-electron chi connectivity index (χ4n) is 3.78. The molecule has 0 amide bonds. The first-order valence-corrected chi connectivity index (χ1v) is 5.04. The zero-order valence-corrected chi connectivity index (χ0v) is 6.61. The Kier molecular flexibility index (Phi) is 0.706. The maximum atomic E-state index is 9.85. The van der Waals surface area contributed by atoms with Gasteiger partial charge < -0.3 is 5.11 Å². The molecule has 0 bridgehead atoms. The van der Waals surface area contributed by atoms with Gasteiger partial charge in [-0.2, -0.15) is 0 Å². The van der Waals surface area contributed by atoms with E-state index in [9.17, 15) is 5.11 Å². The predicted octanol–water partition coefficient (Wildman–Crippen LogP) is 1.27. The number of rotatable bonds is 0. The van der Waals surface area contributed by atoms with E-state index in [1.54, 1.807) is 0 Å². The number of aliphatic hydroxyl groups excluding tert-OH is 1. The van der Waals surface area contributed by atoms with E-state index >= 15 is 0 Å². The molecule has 1 unspecified atom stereocenters. The predicted molar refractivity (Wildman–Crippen MR) is 40.8 cm³/mol. The zero-order chi connectivity index (χ0) is 7.16. The van der Waals surface area contributed by atoms with E-state index in [1.807, 2.05) is 0 Å². The highest BCUT2D eigenvalue weighted by Gasteiger charge is 2.68. The van der Waals surface area contributed by atoms with Crippen molar-refractivity contribution in [2.24, 2.45) is 35.5 Å². The van der Waals surface area contributed by atoms with Crippen LogP contribution in [0, 0.1) is 35.5 Å². The number of fused-ring (bicyclic) bond motifs is 5. The summed E-state index contributed by atoms with van der Waals surface area (Å²) in [6, 6.07) is 0. The molecule has 4 fully saturated rings. The minimum atomic E-state index is 0.123. The van der Waals surface area contributed by atoms with E-state index in [0.29, 0.717) is 0 Å². The standard InChI is InChI=1S/C10H14O/c11-10-8-2-6(8)4-1-5(4)7-3-9(7)10/h4-11H,1-3H2/t4-,5+,6-,7-,8-,9-,10?/m1/s1. The average molecular weight is 150 g/mol. The molecule has 0 heterocycles. The van der Waals surface area contributed by atoms with Crippen molar-refractivity contribution < 1.29 is 5.11 Å². The molecule has 1 nitrogen and oxygen atoms in total. The normalized spacial score (nSPS) is 75.5. The Morgan fingerprint density at radius 2 is 1.00 bits per heavy atom. The molecule has 0 spiro atoms. The third-order valence-electron chi connectivity index (χ3n) is 4.65. The molecule has 4 aliphatic carbocycles. The molecule has 0 aliphatic heterocycles. The first kappa shape index (κ1) is 5.58. The molecule has 1 N–H and O–H groups in total. The van der Waals surface area contributed by atoms with Crippen molar-refractivity contribution >= 4 is 0 Å². The van der Waals surface area contributed by atoms with Crippen molar-refractivity contribution in [3.8, 4) is 0 Å².